The number of aliphatic hydroxyl groups excluding tert-OH is 1. The van der Waals surface area contributed by atoms with Crippen molar-refractivity contribution < 1.29 is 14.6 Å². The van der Waals surface area contributed by atoms with Gasteiger partial charge in [0.15, 0.2) is 0 Å². The molecule has 2 fully saturated rings. The summed E-state index contributed by atoms with van der Waals surface area (Å²) in [4.78, 5) is 13.9. The molecule has 2 aromatic rings. The number of aryl methyl sites for hydroxylation is 1. The van der Waals surface area contributed by atoms with E-state index in [1.807, 2.05) is 0 Å². The Morgan fingerprint density at radius 1 is 1.20 bits per heavy atom. The van der Waals surface area contributed by atoms with Crippen molar-refractivity contribution in [3.63, 3.8) is 0 Å². The molecule has 1 saturated carbocycles. The number of nitrogens with zero attached hydrogens (tertiary/aromatic N) is 3. The number of ether oxygens (including phenoxy) is 2. The van der Waals surface area contributed by atoms with Crippen LogP contribution >= 0.6 is 11.3 Å². The van der Waals surface area contributed by atoms with E-state index in [9.17, 15) is 5.11 Å². The third-order valence-corrected chi connectivity index (χ3v) is 8.44. The molecule has 3 aliphatic rings. The van der Waals surface area contributed by atoms with Gasteiger partial charge >= 0.3 is 0 Å². The highest BCUT2D eigenvalue weighted by Crippen LogP contribution is 2.48. The van der Waals surface area contributed by atoms with Gasteiger partial charge in [-0.1, -0.05) is 0 Å². The second kappa shape index (κ2) is 8.69. The summed E-state index contributed by atoms with van der Waals surface area (Å²) < 4.78 is 12.2. The third kappa shape index (κ3) is 3.97. The van der Waals surface area contributed by atoms with Gasteiger partial charge in [0.05, 0.1) is 17.6 Å². The van der Waals surface area contributed by atoms with Gasteiger partial charge in [0.1, 0.15) is 17.3 Å². The van der Waals surface area contributed by atoms with E-state index >= 15 is 0 Å². The quantitative estimate of drug-likeness (QED) is 0.748. The summed E-state index contributed by atoms with van der Waals surface area (Å²) in [6.45, 7) is 0.779. The minimum Gasteiger partial charge on any atom is -0.474 e. The number of hydrogen-bond acceptors (Lipinski definition) is 7. The molecule has 0 bridgehead atoms. The van der Waals surface area contributed by atoms with E-state index in [2.05, 4.69) is 29.0 Å². The highest BCUT2D eigenvalue weighted by molar-refractivity contribution is 7.19. The molecule has 3 heterocycles. The molecule has 1 saturated heterocycles. The molecule has 2 aliphatic carbocycles. The summed E-state index contributed by atoms with van der Waals surface area (Å²) in [5, 5.41) is 11.9. The number of aromatic nitrogens is 2. The van der Waals surface area contributed by atoms with Gasteiger partial charge in [-0.05, 0) is 83.4 Å². The van der Waals surface area contributed by atoms with Gasteiger partial charge in [0.25, 0.3) is 0 Å². The molecule has 0 spiro atoms. The van der Waals surface area contributed by atoms with Crippen LogP contribution in [-0.2, 0) is 11.2 Å². The van der Waals surface area contributed by atoms with Crippen molar-refractivity contribution in [1.29, 1.82) is 0 Å². The lowest BCUT2D eigenvalue weighted by molar-refractivity contribution is -0.00850. The maximum Gasteiger partial charge on any atom is 0.225 e. The summed E-state index contributed by atoms with van der Waals surface area (Å²) in [6, 6.07) is 0.657. The second-order valence-corrected chi connectivity index (χ2v) is 10.5. The molecule has 1 unspecified atom stereocenters. The molecule has 30 heavy (non-hydrogen) atoms. The van der Waals surface area contributed by atoms with Crippen molar-refractivity contribution in [2.24, 2.45) is 0 Å². The topological polar surface area (TPSA) is 67.7 Å². The number of thiophene rings is 1. The Hall–Kier alpha value is -1.28. The molecule has 6 nitrogen and oxygen atoms in total. The van der Waals surface area contributed by atoms with Crippen LogP contribution in [0.3, 0.4) is 0 Å². The number of hydrogen-bond donors (Lipinski definition) is 1. The van der Waals surface area contributed by atoms with E-state index < -0.39 is 6.10 Å². The Morgan fingerprint density at radius 2 is 2.03 bits per heavy atom. The molecule has 1 aliphatic heterocycles. The van der Waals surface area contributed by atoms with E-state index in [-0.39, 0.29) is 12.2 Å². The first-order valence-corrected chi connectivity index (χ1v) is 12.3. The van der Waals surface area contributed by atoms with Gasteiger partial charge in [-0.25, -0.2) is 9.97 Å². The molecule has 2 aromatic heterocycles. The second-order valence-electron chi connectivity index (χ2n) is 9.40. The molecule has 1 N–H and O–H groups in total. The zero-order valence-electron chi connectivity index (χ0n) is 18.0. The van der Waals surface area contributed by atoms with Crippen LogP contribution in [0.5, 0.6) is 5.88 Å². The largest absolute Gasteiger partial charge is 0.474 e. The monoisotopic (exact) mass is 431 g/mol. The minimum atomic E-state index is -0.395. The van der Waals surface area contributed by atoms with Crippen LogP contribution in [0.1, 0.15) is 67.7 Å². The predicted octanol–water partition coefficient (Wildman–Crippen LogP) is 3.90. The Morgan fingerprint density at radius 3 is 2.77 bits per heavy atom. The van der Waals surface area contributed by atoms with E-state index in [1.165, 1.54) is 23.3 Å². The minimum absolute atomic E-state index is 0.00204. The van der Waals surface area contributed by atoms with Crippen molar-refractivity contribution >= 4 is 21.6 Å². The fraction of sp³-hybridized carbons (Fsp3) is 0.739. The number of fused-ring (bicyclic) bond motifs is 3. The van der Waals surface area contributed by atoms with E-state index in [4.69, 9.17) is 9.47 Å². The fourth-order valence-electron chi connectivity index (χ4n) is 5.55. The fourth-order valence-corrected chi connectivity index (χ4v) is 6.78. The van der Waals surface area contributed by atoms with Crippen molar-refractivity contribution in [1.82, 2.24) is 14.9 Å². The number of aliphatic hydroxyl groups is 1. The maximum absolute atomic E-state index is 10.8. The summed E-state index contributed by atoms with van der Waals surface area (Å²) in [5.41, 5.74) is 1.34. The van der Waals surface area contributed by atoms with Gasteiger partial charge < -0.3 is 19.5 Å². The molecule has 3 atom stereocenters. The summed E-state index contributed by atoms with van der Waals surface area (Å²) in [7, 11) is 4.33. The molecule has 0 radical (unpaired) electrons. The highest BCUT2D eigenvalue weighted by atomic mass is 32.1. The molecule has 7 heteroatoms. The average Bonchev–Trinajstić information content (AvgIpc) is 3.46. The van der Waals surface area contributed by atoms with Crippen LogP contribution in [0.15, 0.2) is 6.33 Å². The van der Waals surface area contributed by atoms with E-state index in [0.29, 0.717) is 12.0 Å². The smallest absolute Gasteiger partial charge is 0.225 e. The van der Waals surface area contributed by atoms with Crippen LogP contribution in [0, 0.1) is 0 Å². The molecule has 0 aromatic carbocycles. The van der Waals surface area contributed by atoms with Crippen LogP contribution in [-0.4, -0.2) is 65.0 Å². The van der Waals surface area contributed by atoms with Crippen molar-refractivity contribution in [3.8, 4) is 5.88 Å². The Balaban J connectivity index is 1.36. The average molecular weight is 432 g/mol. The Bertz CT molecular complexity index is 872. The summed E-state index contributed by atoms with van der Waals surface area (Å²) in [6.07, 6.45) is 10.9. The zero-order valence-corrected chi connectivity index (χ0v) is 18.9. The van der Waals surface area contributed by atoms with Gasteiger partial charge in [0.2, 0.25) is 5.88 Å². The lowest BCUT2D eigenvalue weighted by Gasteiger charge is -2.32. The predicted molar refractivity (Wildman–Crippen MR) is 118 cm³/mol. The SMILES string of the molecule is CN(C)C1CCC(Oc2ncnc3sc4c(c23)[C@@H](C[C@@H](O)C2CCCO2)CC4)CC1. The van der Waals surface area contributed by atoms with Crippen LogP contribution in [0.2, 0.25) is 0 Å². The zero-order chi connectivity index (χ0) is 20.7. The van der Waals surface area contributed by atoms with Gasteiger partial charge in [-0.15, -0.1) is 11.3 Å². The summed E-state index contributed by atoms with van der Waals surface area (Å²) >= 11 is 1.78. The van der Waals surface area contributed by atoms with Crippen LogP contribution in [0.4, 0.5) is 0 Å². The standard InChI is InChI=1S/C23H33N3O3S/c1-26(2)15-6-8-16(9-7-15)29-22-21-20-14(12-17(27)18-4-3-11-28-18)5-10-19(20)30-23(21)25-13-24-22/h13-18,27H,3-12H2,1-2H3/t14-,15?,16?,17-,18?/m1/s1. The number of rotatable bonds is 6. The van der Waals surface area contributed by atoms with Gasteiger partial charge in [0, 0.05) is 17.5 Å². The van der Waals surface area contributed by atoms with Crippen LogP contribution in [0.25, 0.3) is 10.2 Å². The lowest BCUT2D eigenvalue weighted by Crippen LogP contribution is -2.35. The molecule has 164 valence electrons. The van der Waals surface area contributed by atoms with Gasteiger partial charge in [-0.2, -0.15) is 0 Å². The van der Waals surface area contributed by atoms with Crippen LogP contribution < -0.4 is 4.74 Å². The summed E-state index contributed by atoms with van der Waals surface area (Å²) in [5.74, 6) is 1.09. The van der Waals surface area contributed by atoms with Crippen molar-refractivity contribution in [2.75, 3.05) is 20.7 Å². The van der Waals surface area contributed by atoms with Gasteiger partial charge in [-0.3, -0.25) is 0 Å². The Kier molecular flexibility index (Phi) is 5.97. The first-order chi connectivity index (χ1) is 14.6. The Labute approximate surface area is 182 Å². The van der Waals surface area contributed by atoms with E-state index in [1.54, 1.807) is 17.7 Å². The first kappa shape index (κ1) is 20.6. The third-order valence-electron chi connectivity index (χ3n) is 7.27. The highest BCUT2D eigenvalue weighted by Gasteiger charge is 2.35. The van der Waals surface area contributed by atoms with Crippen molar-refractivity contribution in [3.05, 3.63) is 16.8 Å². The lowest BCUT2D eigenvalue weighted by atomic mass is 9.91. The normalized spacial score (nSPS) is 30.1. The molecular formula is C23H33N3O3S. The molecule has 5 rings (SSSR count). The molecular weight excluding hydrogens is 398 g/mol. The molecule has 0 amide bonds. The van der Waals surface area contributed by atoms with Crippen molar-refractivity contribution in [2.45, 2.75) is 88.1 Å². The first-order valence-electron chi connectivity index (χ1n) is 11.5. The maximum atomic E-state index is 10.8. The van der Waals surface area contributed by atoms with E-state index in [0.717, 1.165) is 67.6 Å².